The molecule has 0 bridgehead atoms. The largest absolute Gasteiger partial charge is 0.402 e. The summed E-state index contributed by atoms with van der Waals surface area (Å²) in [7, 11) is 0. The molecule has 0 unspecified atom stereocenters. The minimum absolute atomic E-state index is 0.0271. The van der Waals surface area contributed by atoms with Gasteiger partial charge in [0.1, 0.15) is 0 Å². The molecule has 0 saturated carbocycles. The number of carbonyl (C=O) groups is 1. The van der Waals surface area contributed by atoms with Crippen molar-refractivity contribution in [2.45, 2.75) is 23.6 Å². The van der Waals surface area contributed by atoms with E-state index in [1.54, 1.807) is 49.4 Å². The summed E-state index contributed by atoms with van der Waals surface area (Å²) in [5, 5.41) is 27.4. The zero-order chi connectivity index (χ0) is 25.1. The van der Waals surface area contributed by atoms with E-state index in [0.717, 1.165) is 11.8 Å². The topological polar surface area (TPSA) is 130 Å². The van der Waals surface area contributed by atoms with Gasteiger partial charge < -0.3 is 4.74 Å². The van der Waals surface area contributed by atoms with Crippen molar-refractivity contribution in [3.63, 3.8) is 0 Å². The van der Waals surface area contributed by atoms with E-state index in [2.05, 4.69) is 5.10 Å². The molecule has 1 aromatic heterocycles. The molecule has 176 valence electrons. The van der Waals surface area contributed by atoms with Gasteiger partial charge in [0, 0.05) is 17.7 Å². The molecule has 4 rings (SSSR count). The Morgan fingerprint density at radius 2 is 1.51 bits per heavy atom. The SMILES string of the molecule is Cc1nn(-c2ccccc2)c(OC(=O)c2cccc([N+](=O)[O-])c2C)c1Sc1ccccc1[N+](=O)[O-]. The van der Waals surface area contributed by atoms with Crippen LogP contribution in [0, 0.1) is 34.1 Å². The number of hydrogen-bond donors (Lipinski definition) is 0. The maximum absolute atomic E-state index is 13.2. The predicted octanol–water partition coefficient (Wildman–Crippen LogP) is 5.68. The second kappa shape index (κ2) is 9.77. The molecule has 0 aliphatic rings. The number of esters is 1. The first-order valence-electron chi connectivity index (χ1n) is 10.3. The Kier molecular flexibility index (Phi) is 6.60. The Bertz CT molecular complexity index is 1450. The maximum Gasteiger partial charge on any atom is 0.345 e. The summed E-state index contributed by atoms with van der Waals surface area (Å²) < 4.78 is 7.20. The van der Waals surface area contributed by atoms with Gasteiger partial charge in [-0.15, -0.1) is 0 Å². The number of aromatic nitrogens is 2. The van der Waals surface area contributed by atoms with Crippen LogP contribution in [0.25, 0.3) is 5.69 Å². The van der Waals surface area contributed by atoms with E-state index in [0.29, 0.717) is 21.2 Å². The van der Waals surface area contributed by atoms with Gasteiger partial charge in [-0.2, -0.15) is 9.78 Å². The Morgan fingerprint density at radius 1 is 0.886 bits per heavy atom. The molecule has 0 aliphatic heterocycles. The van der Waals surface area contributed by atoms with Crippen molar-refractivity contribution < 1.29 is 19.4 Å². The molecule has 0 amide bonds. The number of aryl methyl sites for hydroxylation is 1. The first-order chi connectivity index (χ1) is 16.8. The number of para-hydroxylation sites is 2. The summed E-state index contributed by atoms with van der Waals surface area (Å²) in [5.74, 6) is -0.763. The van der Waals surface area contributed by atoms with Crippen LogP contribution in [-0.4, -0.2) is 25.6 Å². The number of benzene rings is 3. The van der Waals surface area contributed by atoms with Crippen LogP contribution >= 0.6 is 11.8 Å². The first-order valence-corrected chi connectivity index (χ1v) is 11.1. The third-order valence-electron chi connectivity index (χ3n) is 5.15. The smallest absolute Gasteiger partial charge is 0.345 e. The Morgan fingerprint density at radius 3 is 2.20 bits per heavy atom. The molecule has 0 N–H and O–H groups in total. The number of nitrogens with zero attached hydrogens (tertiary/aromatic N) is 4. The average molecular weight is 490 g/mol. The molecule has 4 aromatic rings. The van der Waals surface area contributed by atoms with Gasteiger partial charge in [-0.25, -0.2) is 4.79 Å². The zero-order valence-corrected chi connectivity index (χ0v) is 19.4. The highest BCUT2D eigenvalue weighted by atomic mass is 32.2. The lowest BCUT2D eigenvalue weighted by Crippen LogP contribution is -2.14. The van der Waals surface area contributed by atoms with Crippen molar-refractivity contribution in [2.75, 3.05) is 0 Å². The number of nitro groups is 2. The Hall–Kier alpha value is -4.51. The minimum Gasteiger partial charge on any atom is -0.402 e. The van der Waals surface area contributed by atoms with Gasteiger partial charge in [-0.05, 0) is 38.1 Å². The summed E-state index contributed by atoms with van der Waals surface area (Å²) in [6, 6.07) is 19.3. The molecule has 0 spiro atoms. The molecule has 11 heteroatoms. The highest BCUT2D eigenvalue weighted by Crippen LogP contribution is 2.42. The van der Waals surface area contributed by atoms with Crippen LogP contribution in [-0.2, 0) is 0 Å². The highest BCUT2D eigenvalue weighted by molar-refractivity contribution is 7.99. The molecule has 1 heterocycles. The third kappa shape index (κ3) is 4.75. The van der Waals surface area contributed by atoms with Crippen molar-refractivity contribution in [1.82, 2.24) is 9.78 Å². The van der Waals surface area contributed by atoms with Crippen molar-refractivity contribution in [1.29, 1.82) is 0 Å². The molecule has 0 fully saturated rings. The normalized spacial score (nSPS) is 10.7. The molecule has 0 radical (unpaired) electrons. The van der Waals surface area contributed by atoms with Gasteiger partial charge in [0.05, 0.1) is 36.6 Å². The molecule has 0 atom stereocenters. The third-order valence-corrected chi connectivity index (χ3v) is 6.39. The van der Waals surface area contributed by atoms with Crippen molar-refractivity contribution in [3.05, 3.63) is 110 Å². The molecule has 3 aromatic carbocycles. The van der Waals surface area contributed by atoms with E-state index in [1.807, 2.05) is 6.07 Å². The van der Waals surface area contributed by atoms with Gasteiger partial charge in [-0.3, -0.25) is 20.2 Å². The summed E-state index contributed by atoms with van der Waals surface area (Å²) in [5.41, 5.74) is 0.967. The number of ether oxygens (including phenoxy) is 1. The minimum atomic E-state index is -0.812. The quantitative estimate of drug-likeness (QED) is 0.184. The van der Waals surface area contributed by atoms with Crippen LogP contribution in [0.4, 0.5) is 11.4 Å². The second-order valence-electron chi connectivity index (χ2n) is 7.39. The lowest BCUT2D eigenvalue weighted by atomic mass is 10.1. The Balaban J connectivity index is 1.82. The standard InChI is InChI=1S/C24H18N4O6S/c1-15-18(11-8-13-19(15)27(30)31)24(29)34-23-22(35-21-14-7-6-12-20(21)28(32)33)16(2)25-26(23)17-9-4-3-5-10-17/h3-14H,1-2H3. The van der Waals surface area contributed by atoms with Crippen LogP contribution in [0.5, 0.6) is 5.88 Å². The molecule has 35 heavy (non-hydrogen) atoms. The summed E-state index contributed by atoms with van der Waals surface area (Å²) in [4.78, 5) is 35.7. The van der Waals surface area contributed by atoms with Crippen LogP contribution in [0.15, 0.2) is 82.6 Å². The van der Waals surface area contributed by atoms with Gasteiger partial charge in [-0.1, -0.05) is 48.2 Å². The van der Waals surface area contributed by atoms with Crippen molar-refractivity contribution >= 4 is 29.1 Å². The summed E-state index contributed by atoms with van der Waals surface area (Å²) >= 11 is 1.05. The van der Waals surface area contributed by atoms with E-state index >= 15 is 0 Å². The van der Waals surface area contributed by atoms with Crippen LogP contribution in [0.1, 0.15) is 21.6 Å². The lowest BCUT2D eigenvalue weighted by molar-refractivity contribution is -0.387. The van der Waals surface area contributed by atoms with E-state index in [4.69, 9.17) is 4.74 Å². The lowest BCUT2D eigenvalue weighted by Gasteiger charge is -2.11. The van der Waals surface area contributed by atoms with Crippen molar-refractivity contribution in [3.8, 4) is 11.6 Å². The van der Waals surface area contributed by atoms with Gasteiger partial charge >= 0.3 is 5.97 Å². The fourth-order valence-corrected chi connectivity index (χ4v) is 4.45. The molecular formula is C24H18N4O6S. The molecule has 10 nitrogen and oxygen atoms in total. The van der Waals surface area contributed by atoms with E-state index in [-0.39, 0.29) is 28.4 Å². The zero-order valence-electron chi connectivity index (χ0n) is 18.6. The van der Waals surface area contributed by atoms with E-state index in [9.17, 15) is 25.0 Å². The fourth-order valence-electron chi connectivity index (χ4n) is 3.43. The van der Waals surface area contributed by atoms with E-state index in [1.165, 1.54) is 35.9 Å². The highest BCUT2D eigenvalue weighted by Gasteiger charge is 2.27. The first kappa shape index (κ1) is 23.6. The van der Waals surface area contributed by atoms with Gasteiger partial charge in [0.2, 0.25) is 5.88 Å². The average Bonchev–Trinajstić information content (AvgIpc) is 3.14. The summed E-state index contributed by atoms with van der Waals surface area (Å²) in [6.45, 7) is 3.17. The molecule has 0 aliphatic carbocycles. The van der Waals surface area contributed by atoms with Crippen molar-refractivity contribution in [2.24, 2.45) is 0 Å². The van der Waals surface area contributed by atoms with Crippen LogP contribution in [0.3, 0.4) is 0 Å². The Labute approximate surface area is 203 Å². The molecule has 0 saturated heterocycles. The number of hydrogen-bond acceptors (Lipinski definition) is 8. The number of nitro benzene ring substituents is 2. The second-order valence-corrected chi connectivity index (χ2v) is 8.44. The fraction of sp³-hybridized carbons (Fsp3) is 0.0833. The van der Waals surface area contributed by atoms with Gasteiger partial charge in [0.25, 0.3) is 11.4 Å². The number of rotatable bonds is 7. The van der Waals surface area contributed by atoms with E-state index < -0.39 is 15.8 Å². The van der Waals surface area contributed by atoms with Crippen LogP contribution in [0.2, 0.25) is 0 Å². The van der Waals surface area contributed by atoms with Gasteiger partial charge in [0.15, 0.2) is 0 Å². The maximum atomic E-state index is 13.2. The summed E-state index contributed by atoms with van der Waals surface area (Å²) in [6.07, 6.45) is 0. The number of carbonyl (C=O) groups excluding carboxylic acids is 1. The monoisotopic (exact) mass is 490 g/mol. The van der Waals surface area contributed by atoms with Crippen LogP contribution < -0.4 is 4.74 Å². The molecular weight excluding hydrogens is 472 g/mol. The predicted molar refractivity (Wildman–Crippen MR) is 128 cm³/mol.